The van der Waals surface area contributed by atoms with Crippen LogP contribution in [0, 0.1) is 5.82 Å². The van der Waals surface area contributed by atoms with E-state index in [1.54, 1.807) is 0 Å². The van der Waals surface area contributed by atoms with Crippen molar-refractivity contribution in [3.8, 4) is 0 Å². The van der Waals surface area contributed by atoms with Crippen LogP contribution >= 0.6 is 0 Å². The Morgan fingerprint density at radius 3 is 2.58 bits per heavy atom. The van der Waals surface area contributed by atoms with E-state index in [1.165, 1.54) is 24.3 Å². The molecule has 1 aromatic rings. The lowest BCUT2D eigenvalue weighted by Crippen LogP contribution is -2.45. The normalized spacial score (nSPS) is 27.3. The van der Waals surface area contributed by atoms with Gasteiger partial charge in [0.2, 0.25) is 0 Å². The molecule has 1 aliphatic heterocycles. The van der Waals surface area contributed by atoms with Crippen LogP contribution in [0.5, 0.6) is 0 Å². The minimum Gasteiger partial charge on any atom is -0.387 e. The lowest BCUT2D eigenvalue weighted by atomic mass is 10.0. The van der Waals surface area contributed by atoms with E-state index in [-0.39, 0.29) is 23.9 Å². The Labute approximate surface area is 112 Å². The highest BCUT2D eigenvalue weighted by atomic mass is 32.2. The van der Waals surface area contributed by atoms with Crippen LogP contribution in [-0.2, 0) is 9.84 Å². The van der Waals surface area contributed by atoms with Crippen molar-refractivity contribution in [1.82, 2.24) is 5.32 Å². The van der Waals surface area contributed by atoms with Gasteiger partial charge in [-0.05, 0) is 31.0 Å². The molecule has 1 heterocycles. The number of aliphatic hydroxyl groups is 1. The maximum atomic E-state index is 12.8. The molecule has 1 fully saturated rings. The zero-order valence-electron chi connectivity index (χ0n) is 10.8. The van der Waals surface area contributed by atoms with Gasteiger partial charge in [0.15, 0.2) is 9.84 Å². The number of hydrogen-bond donors (Lipinski definition) is 2. The van der Waals surface area contributed by atoms with Crippen LogP contribution < -0.4 is 5.32 Å². The van der Waals surface area contributed by atoms with E-state index in [0.29, 0.717) is 12.0 Å². The van der Waals surface area contributed by atoms with E-state index in [9.17, 15) is 17.9 Å². The van der Waals surface area contributed by atoms with Crippen LogP contribution in [0.3, 0.4) is 0 Å². The topological polar surface area (TPSA) is 66.4 Å². The predicted octanol–water partition coefficient (Wildman–Crippen LogP) is 1.03. The fourth-order valence-electron chi connectivity index (χ4n) is 2.30. The van der Waals surface area contributed by atoms with E-state index in [4.69, 9.17) is 0 Å². The number of β-amino-alcohol motifs (C(OH)–C–C–N with tert-alkyl or cyclic N) is 1. The van der Waals surface area contributed by atoms with Gasteiger partial charge >= 0.3 is 0 Å². The average Bonchev–Trinajstić information content (AvgIpc) is 2.62. The summed E-state index contributed by atoms with van der Waals surface area (Å²) in [6.07, 6.45) is -0.230. The molecule has 0 spiro atoms. The molecular formula is C13H18FNO3S. The molecule has 1 aromatic carbocycles. The molecule has 1 saturated heterocycles. The lowest BCUT2D eigenvalue weighted by molar-refractivity contribution is 0.161. The third-order valence-corrected chi connectivity index (χ3v) is 5.38. The van der Waals surface area contributed by atoms with Gasteiger partial charge in [-0.2, -0.15) is 0 Å². The highest BCUT2D eigenvalue weighted by Crippen LogP contribution is 2.23. The van der Waals surface area contributed by atoms with Crippen LogP contribution in [0.2, 0.25) is 0 Å². The summed E-state index contributed by atoms with van der Waals surface area (Å²) in [6, 6.07) is 5.63. The van der Waals surface area contributed by atoms with E-state index in [2.05, 4.69) is 5.32 Å². The molecule has 19 heavy (non-hydrogen) atoms. The number of halogens is 1. The first-order valence-corrected chi connectivity index (χ1v) is 8.01. The Bertz CT molecular complexity index is 544. The van der Waals surface area contributed by atoms with Crippen LogP contribution in [0.4, 0.5) is 4.39 Å². The number of benzene rings is 1. The molecule has 0 bridgehead atoms. The minimum absolute atomic E-state index is 0.0934. The van der Waals surface area contributed by atoms with Crippen molar-refractivity contribution >= 4 is 9.84 Å². The molecule has 1 aliphatic rings. The molecule has 2 rings (SSSR count). The molecule has 0 radical (unpaired) electrons. The molecule has 6 heteroatoms. The summed E-state index contributed by atoms with van der Waals surface area (Å²) in [6.45, 7) is 2.09. The molecule has 0 aromatic heterocycles. The second kappa shape index (κ2) is 5.19. The summed E-state index contributed by atoms with van der Waals surface area (Å²) < 4.78 is 35.7. The van der Waals surface area contributed by atoms with Gasteiger partial charge in [-0.15, -0.1) is 0 Å². The Balaban J connectivity index is 1.94. The fraction of sp³-hybridized carbons (Fsp3) is 0.538. The van der Waals surface area contributed by atoms with Gasteiger partial charge in [-0.25, -0.2) is 12.8 Å². The number of nitrogens with one attached hydrogen (secondary N) is 1. The fourth-order valence-corrected chi connectivity index (χ4v) is 4.42. The predicted molar refractivity (Wildman–Crippen MR) is 71.0 cm³/mol. The zero-order chi connectivity index (χ0) is 14.1. The van der Waals surface area contributed by atoms with Crippen molar-refractivity contribution < 1.29 is 17.9 Å². The first-order chi connectivity index (χ1) is 8.80. The minimum atomic E-state index is -2.97. The smallest absolute Gasteiger partial charge is 0.152 e. The monoisotopic (exact) mass is 287 g/mol. The highest BCUT2D eigenvalue weighted by molar-refractivity contribution is 7.91. The standard InChI is InChI=1S/C13H18FNO3S/c1-13(6-7-19(17,18)9-13)15-8-12(16)10-2-4-11(14)5-3-10/h2-5,12,15-16H,6-9H2,1H3. The van der Waals surface area contributed by atoms with Crippen LogP contribution in [-0.4, -0.2) is 37.1 Å². The van der Waals surface area contributed by atoms with Gasteiger partial charge < -0.3 is 10.4 Å². The maximum absolute atomic E-state index is 12.8. The van der Waals surface area contributed by atoms with Crippen molar-refractivity contribution in [2.75, 3.05) is 18.1 Å². The van der Waals surface area contributed by atoms with Gasteiger partial charge in [0.25, 0.3) is 0 Å². The summed E-state index contributed by atoms with van der Waals surface area (Å²) >= 11 is 0. The zero-order valence-corrected chi connectivity index (χ0v) is 11.6. The Hall–Kier alpha value is -0.980. The second-order valence-corrected chi connectivity index (χ2v) is 7.54. The van der Waals surface area contributed by atoms with Crippen molar-refractivity contribution in [2.24, 2.45) is 0 Å². The molecule has 2 N–H and O–H groups in total. The van der Waals surface area contributed by atoms with E-state index >= 15 is 0 Å². The van der Waals surface area contributed by atoms with Crippen LogP contribution in [0.15, 0.2) is 24.3 Å². The highest BCUT2D eigenvalue weighted by Gasteiger charge is 2.38. The number of hydrogen-bond acceptors (Lipinski definition) is 4. The van der Waals surface area contributed by atoms with Crippen molar-refractivity contribution in [3.05, 3.63) is 35.6 Å². The summed E-state index contributed by atoms with van der Waals surface area (Å²) in [7, 11) is -2.97. The third-order valence-electron chi connectivity index (χ3n) is 3.48. The summed E-state index contributed by atoms with van der Waals surface area (Å²) in [4.78, 5) is 0. The number of rotatable bonds is 4. The first kappa shape index (κ1) is 14.4. The van der Waals surface area contributed by atoms with E-state index in [1.807, 2.05) is 6.92 Å². The van der Waals surface area contributed by atoms with Gasteiger partial charge in [0.05, 0.1) is 17.6 Å². The summed E-state index contributed by atoms with van der Waals surface area (Å²) in [5.41, 5.74) is 0.123. The number of sulfone groups is 1. The molecule has 2 unspecified atom stereocenters. The molecule has 0 amide bonds. The van der Waals surface area contributed by atoms with Gasteiger partial charge in [-0.3, -0.25) is 0 Å². The second-order valence-electron chi connectivity index (χ2n) is 5.35. The molecular weight excluding hydrogens is 269 g/mol. The SMILES string of the molecule is CC1(NCC(O)c2ccc(F)cc2)CCS(=O)(=O)C1. The lowest BCUT2D eigenvalue weighted by Gasteiger charge is -2.25. The Morgan fingerprint density at radius 1 is 1.42 bits per heavy atom. The van der Waals surface area contributed by atoms with Gasteiger partial charge in [-0.1, -0.05) is 12.1 Å². The van der Waals surface area contributed by atoms with Gasteiger partial charge in [0.1, 0.15) is 5.82 Å². The largest absolute Gasteiger partial charge is 0.387 e. The summed E-state index contributed by atoms with van der Waals surface area (Å²) in [5, 5.41) is 13.1. The summed E-state index contributed by atoms with van der Waals surface area (Å²) in [5.74, 6) is -0.0722. The van der Waals surface area contributed by atoms with E-state index < -0.39 is 21.5 Å². The van der Waals surface area contributed by atoms with Crippen LogP contribution in [0.1, 0.15) is 25.0 Å². The van der Waals surface area contributed by atoms with Gasteiger partial charge in [0, 0.05) is 12.1 Å². The molecule has 4 nitrogen and oxygen atoms in total. The third kappa shape index (κ3) is 3.75. The molecule has 0 saturated carbocycles. The Morgan fingerprint density at radius 2 is 2.05 bits per heavy atom. The van der Waals surface area contributed by atoms with Crippen molar-refractivity contribution in [2.45, 2.75) is 25.0 Å². The first-order valence-electron chi connectivity index (χ1n) is 6.19. The van der Waals surface area contributed by atoms with Crippen molar-refractivity contribution in [1.29, 1.82) is 0 Å². The van der Waals surface area contributed by atoms with E-state index in [0.717, 1.165) is 0 Å². The Kier molecular flexibility index (Phi) is 3.94. The molecule has 106 valence electrons. The molecule has 0 aliphatic carbocycles. The molecule has 2 atom stereocenters. The van der Waals surface area contributed by atoms with Crippen molar-refractivity contribution in [3.63, 3.8) is 0 Å². The quantitative estimate of drug-likeness (QED) is 0.868. The van der Waals surface area contributed by atoms with Crippen LogP contribution in [0.25, 0.3) is 0 Å². The average molecular weight is 287 g/mol. The maximum Gasteiger partial charge on any atom is 0.152 e. The number of aliphatic hydroxyl groups excluding tert-OH is 1.